The van der Waals surface area contributed by atoms with E-state index in [1.165, 1.54) is 6.26 Å². The molecule has 4 nitrogen and oxygen atoms in total. The van der Waals surface area contributed by atoms with E-state index in [0.717, 1.165) is 32.4 Å². The summed E-state index contributed by atoms with van der Waals surface area (Å²) < 4.78 is 24.7. The first kappa shape index (κ1) is 14.9. The Morgan fingerprint density at radius 1 is 1.35 bits per heavy atom. The van der Waals surface area contributed by atoms with Crippen molar-refractivity contribution in [3.63, 3.8) is 0 Å². The van der Waals surface area contributed by atoms with E-state index in [4.69, 9.17) is 0 Å². The third kappa shape index (κ3) is 5.36. The van der Waals surface area contributed by atoms with Gasteiger partial charge in [-0.3, -0.25) is 0 Å². The van der Waals surface area contributed by atoms with Gasteiger partial charge in [0.2, 0.25) is 10.0 Å². The van der Waals surface area contributed by atoms with Crippen molar-refractivity contribution in [1.29, 1.82) is 0 Å². The lowest BCUT2D eigenvalue weighted by molar-refractivity contribution is 0.340. The number of nitrogens with zero attached hydrogens (tertiary/aromatic N) is 1. The van der Waals surface area contributed by atoms with Crippen LogP contribution in [0.2, 0.25) is 0 Å². The molecule has 1 heterocycles. The topological polar surface area (TPSA) is 49.4 Å². The summed E-state index contributed by atoms with van der Waals surface area (Å²) in [4.78, 5) is 0. The zero-order valence-corrected chi connectivity index (χ0v) is 12.3. The Kier molecular flexibility index (Phi) is 4.98. The van der Waals surface area contributed by atoms with Crippen molar-refractivity contribution in [2.24, 2.45) is 5.41 Å². The molecular formula is C12H26N2O2S. The molecule has 1 saturated heterocycles. The molecule has 1 aliphatic rings. The van der Waals surface area contributed by atoms with Gasteiger partial charge in [0.05, 0.1) is 6.26 Å². The highest BCUT2D eigenvalue weighted by atomic mass is 32.2. The summed E-state index contributed by atoms with van der Waals surface area (Å²) >= 11 is 0. The van der Waals surface area contributed by atoms with Crippen molar-refractivity contribution in [3.05, 3.63) is 0 Å². The van der Waals surface area contributed by atoms with Crippen molar-refractivity contribution in [2.45, 2.75) is 46.1 Å². The molecule has 102 valence electrons. The number of sulfonamides is 1. The van der Waals surface area contributed by atoms with E-state index in [1.807, 2.05) is 0 Å². The van der Waals surface area contributed by atoms with Crippen LogP contribution in [0.3, 0.4) is 0 Å². The van der Waals surface area contributed by atoms with Gasteiger partial charge in [0.25, 0.3) is 0 Å². The smallest absolute Gasteiger partial charge is 0.211 e. The molecule has 1 N–H and O–H groups in total. The highest BCUT2D eigenvalue weighted by Gasteiger charge is 2.30. The zero-order valence-electron chi connectivity index (χ0n) is 11.5. The summed E-state index contributed by atoms with van der Waals surface area (Å²) in [6.07, 6.45) is 4.38. The molecule has 0 aromatic carbocycles. The minimum absolute atomic E-state index is 0.157. The van der Waals surface area contributed by atoms with Crippen LogP contribution in [0, 0.1) is 5.41 Å². The Labute approximate surface area is 106 Å². The van der Waals surface area contributed by atoms with E-state index in [1.54, 1.807) is 4.31 Å². The fraction of sp³-hybridized carbons (Fsp3) is 1.00. The minimum atomic E-state index is -3.02. The summed E-state index contributed by atoms with van der Waals surface area (Å²) in [5, 5.41) is 3.38. The molecule has 0 spiro atoms. The van der Waals surface area contributed by atoms with Crippen LogP contribution in [0.25, 0.3) is 0 Å². The molecule has 0 bridgehead atoms. The molecule has 5 heteroatoms. The van der Waals surface area contributed by atoms with E-state index >= 15 is 0 Å². The van der Waals surface area contributed by atoms with Crippen LogP contribution in [-0.2, 0) is 10.0 Å². The lowest BCUT2D eigenvalue weighted by Gasteiger charge is -2.23. The van der Waals surface area contributed by atoms with Gasteiger partial charge in [0.15, 0.2) is 0 Å². The fourth-order valence-electron chi connectivity index (χ4n) is 2.18. The van der Waals surface area contributed by atoms with Gasteiger partial charge < -0.3 is 5.32 Å². The van der Waals surface area contributed by atoms with Crippen LogP contribution < -0.4 is 5.32 Å². The monoisotopic (exact) mass is 262 g/mol. The molecule has 0 amide bonds. The van der Waals surface area contributed by atoms with Crippen LogP contribution in [0.15, 0.2) is 0 Å². The molecule has 17 heavy (non-hydrogen) atoms. The highest BCUT2D eigenvalue weighted by molar-refractivity contribution is 7.88. The van der Waals surface area contributed by atoms with Crippen LogP contribution in [0.5, 0.6) is 0 Å². The molecule has 0 aromatic heterocycles. The van der Waals surface area contributed by atoms with Crippen molar-refractivity contribution >= 4 is 10.0 Å². The molecule has 0 unspecified atom stereocenters. The van der Waals surface area contributed by atoms with Gasteiger partial charge in [-0.05, 0) is 31.2 Å². The predicted octanol–water partition coefficient (Wildman–Crippen LogP) is 1.44. The normalized spacial score (nSPS) is 23.2. The van der Waals surface area contributed by atoms with Crippen LogP contribution in [0.4, 0.5) is 0 Å². The van der Waals surface area contributed by atoms with Crippen molar-refractivity contribution in [2.75, 3.05) is 25.9 Å². The summed E-state index contributed by atoms with van der Waals surface area (Å²) in [6.45, 7) is 9.07. The molecule has 0 aliphatic carbocycles. The number of rotatable bonds is 5. The van der Waals surface area contributed by atoms with E-state index in [-0.39, 0.29) is 6.04 Å². The zero-order chi connectivity index (χ0) is 13.1. The molecule has 0 radical (unpaired) electrons. The first-order valence-electron chi connectivity index (χ1n) is 6.38. The minimum Gasteiger partial charge on any atom is -0.315 e. The first-order valence-corrected chi connectivity index (χ1v) is 8.22. The standard InChI is InChI=1S/C12H26N2O2S/c1-12(2,3)7-8-13-10-11-6-5-9-14(11)17(4,15)16/h11,13H,5-10H2,1-4H3/t11-/m1/s1. The maximum Gasteiger partial charge on any atom is 0.211 e. The predicted molar refractivity (Wildman–Crippen MR) is 71.5 cm³/mol. The van der Waals surface area contributed by atoms with Gasteiger partial charge in [-0.1, -0.05) is 20.8 Å². The summed E-state index contributed by atoms with van der Waals surface area (Å²) in [6, 6.07) is 0.157. The van der Waals surface area contributed by atoms with Gasteiger partial charge in [0.1, 0.15) is 0 Å². The number of hydrogen-bond donors (Lipinski definition) is 1. The molecule has 0 saturated carbocycles. The Morgan fingerprint density at radius 2 is 2.00 bits per heavy atom. The lowest BCUT2D eigenvalue weighted by atomic mass is 9.92. The van der Waals surface area contributed by atoms with Gasteiger partial charge in [-0.2, -0.15) is 4.31 Å². The van der Waals surface area contributed by atoms with Gasteiger partial charge in [-0.15, -0.1) is 0 Å². The van der Waals surface area contributed by atoms with Crippen molar-refractivity contribution in [1.82, 2.24) is 9.62 Å². The first-order chi connectivity index (χ1) is 7.70. The van der Waals surface area contributed by atoms with Gasteiger partial charge in [-0.25, -0.2) is 8.42 Å². The second kappa shape index (κ2) is 5.67. The van der Waals surface area contributed by atoms with E-state index in [2.05, 4.69) is 26.1 Å². The molecule has 1 rings (SSSR count). The molecule has 1 atom stereocenters. The molecule has 1 aliphatic heterocycles. The number of hydrogen-bond acceptors (Lipinski definition) is 3. The molecular weight excluding hydrogens is 236 g/mol. The second-order valence-corrected chi connectivity index (χ2v) is 8.12. The third-order valence-electron chi connectivity index (χ3n) is 3.18. The largest absolute Gasteiger partial charge is 0.315 e. The van der Waals surface area contributed by atoms with Crippen molar-refractivity contribution in [3.8, 4) is 0 Å². The van der Waals surface area contributed by atoms with Crippen LogP contribution in [0.1, 0.15) is 40.0 Å². The highest BCUT2D eigenvalue weighted by Crippen LogP contribution is 2.20. The maximum atomic E-state index is 11.5. The third-order valence-corrected chi connectivity index (χ3v) is 4.51. The quantitative estimate of drug-likeness (QED) is 0.763. The van der Waals surface area contributed by atoms with Gasteiger partial charge in [0, 0.05) is 19.1 Å². The van der Waals surface area contributed by atoms with E-state index in [0.29, 0.717) is 12.0 Å². The molecule has 0 aromatic rings. The maximum absolute atomic E-state index is 11.5. The summed E-state index contributed by atoms with van der Waals surface area (Å²) in [7, 11) is -3.02. The Morgan fingerprint density at radius 3 is 2.53 bits per heavy atom. The Hall–Kier alpha value is -0.130. The number of nitrogens with one attached hydrogen (secondary N) is 1. The lowest BCUT2D eigenvalue weighted by Crippen LogP contribution is -2.41. The van der Waals surface area contributed by atoms with E-state index in [9.17, 15) is 8.42 Å². The van der Waals surface area contributed by atoms with Crippen molar-refractivity contribution < 1.29 is 8.42 Å². The average Bonchev–Trinajstić information content (AvgIpc) is 2.58. The summed E-state index contributed by atoms with van der Waals surface area (Å²) in [5.74, 6) is 0. The average molecular weight is 262 g/mol. The Bertz CT molecular complexity index is 333. The van der Waals surface area contributed by atoms with Crippen LogP contribution >= 0.6 is 0 Å². The van der Waals surface area contributed by atoms with Gasteiger partial charge >= 0.3 is 0 Å². The fourth-order valence-corrected chi connectivity index (χ4v) is 3.36. The second-order valence-electron chi connectivity index (χ2n) is 6.18. The molecule has 1 fully saturated rings. The summed E-state index contributed by atoms with van der Waals surface area (Å²) in [5.41, 5.74) is 0.333. The van der Waals surface area contributed by atoms with E-state index < -0.39 is 10.0 Å². The Balaban J connectivity index is 2.32. The van der Waals surface area contributed by atoms with Crippen LogP contribution in [-0.4, -0.2) is 44.7 Å². The SMILES string of the molecule is CC(C)(C)CCNC[C@H]1CCCN1S(C)(=O)=O.